The molecular formula is C31H28N4O2S2. The third-order valence-corrected chi connectivity index (χ3v) is 8.74. The minimum atomic E-state index is -0.185. The Morgan fingerprint density at radius 2 is 1.56 bits per heavy atom. The Kier molecular flexibility index (Phi) is 7.30. The van der Waals surface area contributed by atoms with Crippen molar-refractivity contribution in [1.29, 1.82) is 0 Å². The molecule has 6 rings (SSSR count). The van der Waals surface area contributed by atoms with Crippen molar-refractivity contribution in [2.75, 3.05) is 18.0 Å². The second kappa shape index (κ2) is 11.2. The van der Waals surface area contributed by atoms with Gasteiger partial charge in [0, 0.05) is 19.3 Å². The SMILES string of the molecule is O=C1/C(=C/c2c(N3CCC(Cc4ccccc4)CC3)nc3ccccn3c2=O)SC(=S)N1Cc1ccccc1. The lowest BCUT2D eigenvalue weighted by molar-refractivity contribution is -0.122. The number of benzene rings is 2. The van der Waals surface area contributed by atoms with Gasteiger partial charge in [-0.15, -0.1) is 0 Å². The van der Waals surface area contributed by atoms with Crippen LogP contribution in [0.5, 0.6) is 0 Å². The predicted octanol–water partition coefficient (Wildman–Crippen LogP) is 5.56. The van der Waals surface area contributed by atoms with E-state index in [9.17, 15) is 9.59 Å². The number of thioether (sulfide) groups is 1. The third kappa shape index (κ3) is 5.40. The fourth-order valence-corrected chi connectivity index (χ4v) is 6.52. The quantitative estimate of drug-likeness (QED) is 0.231. The molecule has 2 aromatic heterocycles. The lowest BCUT2D eigenvalue weighted by atomic mass is 9.90. The molecular weight excluding hydrogens is 525 g/mol. The van der Waals surface area contributed by atoms with Crippen molar-refractivity contribution in [3.63, 3.8) is 0 Å². The van der Waals surface area contributed by atoms with Crippen LogP contribution in [0.1, 0.15) is 29.5 Å². The van der Waals surface area contributed by atoms with Crippen molar-refractivity contribution < 1.29 is 4.79 Å². The zero-order chi connectivity index (χ0) is 26.8. The van der Waals surface area contributed by atoms with Crippen LogP contribution in [0.4, 0.5) is 5.82 Å². The smallest absolute Gasteiger partial charge is 0.267 e. The summed E-state index contributed by atoms with van der Waals surface area (Å²) in [6, 6.07) is 25.9. The Hall–Kier alpha value is -3.75. The number of hydrogen-bond donors (Lipinski definition) is 0. The summed E-state index contributed by atoms with van der Waals surface area (Å²) in [6.07, 6.45) is 6.51. The maximum Gasteiger partial charge on any atom is 0.267 e. The Bertz CT molecular complexity index is 1610. The molecule has 4 heterocycles. The summed E-state index contributed by atoms with van der Waals surface area (Å²) in [5, 5.41) is 0. The van der Waals surface area contributed by atoms with Crippen molar-refractivity contribution in [2.45, 2.75) is 25.8 Å². The Labute approximate surface area is 237 Å². The van der Waals surface area contributed by atoms with E-state index in [0.29, 0.717) is 38.7 Å². The molecule has 2 aliphatic heterocycles. The summed E-state index contributed by atoms with van der Waals surface area (Å²) in [4.78, 5) is 36.3. The van der Waals surface area contributed by atoms with Gasteiger partial charge in [0.05, 0.1) is 17.0 Å². The highest BCUT2D eigenvalue weighted by molar-refractivity contribution is 8.26. The van der Waals surface area contributed by atoms with Crippen LogP contribution >= 0.6 is 24.0 Å². The average molecular weight is 553 g/mol. The summed E-state index contributed by atoms with van der Waals surface area (Å²) in [5.41, 5.74) is 3.20. The van der Waals surface area contributed by atoms with Crippen LogP contribution < -0.4 is 10.5 Å². The maximum absolute atomic E-state index is 13.7. The molecule has 0 spiro atoms. The van der Waals surface area contributed by atoms with E-state index >= 15 is 0 Å². The van der Waals surface area contributed by atoms with E-state index in [1.165, 1.54) is 17.3 Å². The molecule has 0 bridgehead atoms. The van der Waals surface area contributed by atoms with E-state index in [2.05, 4.69) is 29.2 Å². The molecule has 0 unspecified atom stereocenters. The molecule has 0 radical (unpaired) electrons. The topological polar surface area (TPSA) is 57.9 Å². The number of aromatic nitrogens is 2. The standard InChI is InChI=1S/C31H28N4O2S2/c36-29-25(20-26-30(37)35(31(38)39-26)21-24-11-5-2-6-12-24)28(32-27-13-7-8-16-34(27)29)33-17-14-23(15-18-33)19-22-9-3-1-4-10-22/h1-13,16,20,23H,14-15,17-19,21H2/b26-20-. The van der Waals surface area contributed by atoms with Crippen LogP contribution in [-0.4, -0.2) is 37.6 Å². The van der Waals surface area contributed by atoms with Gasteiger partial charge in [-0.1, -0.05) is 90.7 Å². The summed E-state index contributed by atoms with van der Waals surface area (Å²) in [5.74, 6) is 1.04. The van der Waals surface area contributed by atoms with Crippen LogP contribution in [0.2, 0.25) is 0 Å². The van der Waals surface area contributed by atoms with Gasteiger partial charge in [-0.05, 0) is 54.5 Å². The van der Waals surface area contributed by atoms with Crippen molar-refractivity contribution in [3.05, 3.63) is 117 Å². The van der Waals surface area contributed by atoms with Crippen LogP contribution in [0, 0.1) is 5.92 Å². The molecule has 0 N–H and O–H groups in total. The number of anilines is 1. The minimum absolute atomic E-state index is 0.182. The van der Waals surface area contributed by atoms with Gasteiger partial charge in [-0.25, -0.2) is 4.98 Å². The fourth-order valence-electron chi connectivity index (χ4n) is 5.29. The average Bonchev–Trinajstić information content (AvgIpc) is 3.23. The van der Waals surface area contributed by atoms with Crippen LogP contribution in [0.15, 0.2) is 94.8 Å². The van der Waals surface area contributed by atoms with Gasteiger partial charge in [0.1, 0.15) is 15.8 Å². The second-order valence-electron chi connectivity index (χ2n) is 9.96. The Morgan fingerprint density at radius 1 is 0.897 bits per heavy atom. The zero-order valence-electron chi connectivity index (χ0n) is 21.4. The molecule has 1 amide bonds. The van der Waals surface area contributed by atoms with Gasteiger partial charge < -0.3 is 4.90 Å². The van der Waals surface area contributed by atoms with Gasteiger partial charge in [-0.2, -0.15) is 0 Å². The molecule has 2 saturated heterocycles. The highest BCUT2D eigenvalue weighted by atomic mass is 32.2. The lowest BCUT2D eigenvalue weighted by Crippen LogP contribution is -2.37. The van der Waals surface area contributed by atoms with Crippen LogP contribution in [-0.2, 0) is 17.8 Å². The number of amides is 1. The first-order valence-electron chi connectivity index (χ1n) is 13.2. The van der Waals surface area contributed by atoms with E-state index in [4.69, 9.17) is 17.2 Å². The molecule has 39 heavy (non-hydrogen) atoms. The maximum atomic E-state index is 13.7. The van der Waals surface area contributed by atoms with Gasteiger partial charge in [-0.3, -0.25) is 18.9 Å². The van der Waals surface area contributed by atoms with Gasteiger partial charge >= 0.3 is 0 Å². The number of pyridine rings is 1. The third-order valence-electron chi connectivity index (χ3n) is 7.36. The molecule has 196 valence electrons. The van der Waals surface area contributed by atoms with E-state index in [-0.39, 0.29) is 11.5 Å². The summed E-state index contributed by atoms with van der Waals surface area (Å²) >= 11 is 6.80. The molecule has 2 aromatic carbocycles. The number of carbonyl (C=O) groups excluding carboxylic acids is 1. The van der Waals surface area contributed by atoms with Crippen molar-refractivity contribution >= 4 is 51.7 Å². The Morgan fingerprint density at radius 3 is 2.28 bits per heavy atom. The van der Waals surface area contributed by atoms with Gasteiger partial charge in [0.2, 0.25) is 0 Å². The molecule has 2 aliphatic rings. The number of fused-ring (bicyclic) bond motifs is 1. The number of piperidine rings is 1. The van der Waals surface area contributed by atoms with Gasteiger partial charge in [0.15, 0.2) is 0 Å². The van der Waals surface area contributed by atoms with Crippen LogP contribution in [0.25, 0.3) is 11.7 Å². The number of thiocarbonyl (C=S) groups is 1. The summed E-state index contributed by atoms with van der Waals surface area (Å²) in [6.45, 7) is 2.02. The first-order valence-corrected chi connectivity index (χ1v) is 14.4. The van der Waals surface area contributed by atoms with E-state index in [1.54, 1.807) is 21.6 Å². The monoisotopic (exact) mass is 552 g/mol. The van der Waals surface area contributed by atoms with E-state index < -0.39 is 0 Å². The Balaban J connectivity index is 1.30. The molecule has 4 aromatic rings. The van der Waals surface area contributed by atoms with Crippen molar-refractivity contribution in [3.8, 4) is 0 Å². The number of rotatable bonds is 6. The summed E-state index contributed by atoms with van der Waals surface area (Å²) in [7, 11) is 0. The van der Waals surface area contributed by atoms with E-state index in [0.717, 1.165) is 37.9 Å². The number of nitrogens with zero attached hydrogens (tertiary/aromatic N) is 4. The van der Waals surface area contributed by atoms with Crippen LogP contribution in [0.3, 0.4) is 0 Å². The number of hydrogen-bond acceptors (Lipinski definition) is 6. The molecule has 0 aliphatic carbocycles. The van der Waals surface area contributed by atoms with Crippen molar-refractivity contribution in [2.24, 2.45) is 5.92 Å². The molecule has 0 atom stereocenters. The number of carbonyl (C=O) groups is 1. The molecule has 8 heteroatoms. The summed E-state index contributed by atoms with van der Waals surface area (Å²) < 4.78 is 2.04. The highest BCUT2D eigenvalue weighted by Crippen LogP contribution is 2.35. The lowest BCUT2D eigenvalue weighted by Gasteiger charge is -2.33. The van der Waals surface area contributed by atoms with E-state index in [1.807, 2.05) is 54.6 Å². The fraction of sp³-hybridized carbons (Fsp3) is 0.226. The molecule has 0 saturated carbocycles. The van der Waals surface area contributed by atoms with Gasteiger partial charge in [0.25, 0.3) is 11.5 Å². The molecule has 6 nitrogen and oxygen atoms in total. The second-order valence-corrected chi connectivity index (χ2v) is 11.6. The largest absolute Gasteiger partial charge is 0.356 e. The normalized spacial score (nSPS) is 17.5. The zero-order valence-corrected chi connectivity index (χ0v) is 23.0. The van der Waals surface area contributed by atoms with Crippen molar-refractivity contribution in [1.82, 2.24) is 14.3 Å². The predicted molar refractivity (Wildman–Crippen MR) is 162 cm³/mol. The first-order chi connectivity index (χ1) is 19.1. The highest BCUT2D eigenvalue weighted by Gasteiger charge is 2.33. The minimum Gasteiger partial charge on any atom is -0.356 e. The molecule has 2 fully saturated rings. The first kappa shape index (κ1) is 25.5.